The molecule has 1 fully saturated rings. The van der Waals surface area contributed by atoms with Crippen LogP contribution in [0.1, 0.15) is 16.8 Å². The van der Waals surface area contributed by atoms with Crippen LogP contribution < -0.4 is 4.74 Å². The molecule has 1 aromatic rings. The van der Waals surface area contributed by atoms with E-state index in [9.17, 15) is 9.59 Å². The third-order valence-electron chi connectivity index (χ3n) is 2.49. The van der Waals surface area contributed by atoms with Crippen LogP contribution in [0.5, 0.6) is 5.75 Å². The molecule has 1 saturated heterocycles. The van der Waals surface area contributed by atoms with Gasteiger partial charge in [-0.15, -0.1) is 0 Å². The second kappa shape index (κ2) is 4.82. The summed E-state index contributed by atoms with van der Waals surface area (Å²) >= 11 is 0. The fourth-order valence-electron chi connectivity index (χ4n) is 1.56. The van der Waals surface area contributed by atoms with E-state index in [0.717, 1.165) is 6.29 Å². The number of cyclic esters (lactones) is 1. The molecule has 1 aliphatic rings. The van der Waals surface area contributed by atoms with Gasteiger partial charge >= 0.3 is 5.97 Å². The van der Waals surface area contributed by atoms with E-state index in [4.69, 9.17) is 9.47 Å². The third kappa shape index (κ3) is 2.72. The van der Waals surface area contributed by atoms with E-state index >= 15 is 0 Å². The van der Waals surface area contributed by atoms with Crippen LogP contribution in [-0.2, 0) is 9.53 Å². The number of ether oxygens (including phenoxy) is 2. The van der Waals surface area contributed by atoms with Gasteiger partial charge in [0, 0.05) is 17.6 Å². The highest BCUT2D eigenvalue weighted by molar-refractivity contribution is 5.89. The molecule has 1 aliphatic heterocycles. The molecule has 88 valence electrons. The van der Waals surface area contributed by atoms with Crippen LogP contribution in [0.15, 0.2) is 36.4 Å². The first kappa shape index (κ1) is 11.4. The van der Waals surface area contributed by atoms with E-state index in [1.165, 1.54) is 0 Å². The fraction of sp³-hybridized carbons (Fsp3) is 0.231. The summed E-state index contributed by atoms with van der Waals surface area (Å²) in [5.74, 6) is 0.291. The first-order chi connectivity index (χ1) is 8.19. The zero-order chi connectivity index (χ0) is 12.3. The number of carbonyl (C=O) groups excluding carboxylic acids is 2. The molecule has 4 nitrogen and oxygen atoms in total. The molecule has 17 heavy (non-hydrogen) atoms. The highest BCUT2D eigenvalue weighted by atomic mass is 16.6. The SMILES string of the molecule is C=C1CC(COc2ccc(C=O)cc2)OC1=O. The maximum absolute atomic E-state index is 11.1. The Morgan fingerprint density at radius 3 is 2.65 bits per heavy atom. The zero-order valence-corrected chi connectivity index (χ0v) is 9.22. The molecule has 0 N–H and O–H groups in total. The Morgan fingerprint density at radius 2 is 2.12 bits per heavy atom. The van der Waals surface area contributed by atoms with Gasteiger partial charge in [0.05, 0.1) is 0 Å². The average Bonchev–Trinajstić information content (AvgIpc) is 2.67. The summed E-state index contributed by atoms with van der Waals surface area (Å²) in [5.41, 5.74) is 1.08. The third-order valence-corrected chi connectivity index (χ3v) is 2.49. The molecular formula is C13H12O4. The summed E-state index contributed by atoms with van der Waals surface area (Å²) in [6.45, 7) is 3.89. The normalized spacial score (nSPS) is 18.9. The average molecular weight is 232 g/mol. The molecule has 1 aromatic carbocycles. The Hall–Kier alpha value is -2.10. The number of hydrogen-bond donors (Lipinski definition) is 0. The van der Waals surface area contributed by atoms with Crippen molar-refractivity contribution in [2.75, 3.05) is 6.61 Å². The largest absolute Gasteiger partial charge is 0.490 e. The lowest BCUT2D eigenvalue weighted by Crippen LogP contribution is -2.17. The van der Waals surface area contributed by atoms with Crippen molar-refractivity contribution in [3.05, 3.63) is 42.0 Å². The quantitative estimate of drug-likeness (QED) is 0.451. The molecule has 0 amide bonds. The van der Waals surface area contributed by atoms with Gasteiger partial charge in [-0.2, -0.15) is 0 Å². The predicted octanol–water partition coefficient (Wildman–Crippen LogP) is 1.75. The van der Waals surface area contributed by atoms with Crippen LogP contribution in [0.2, 0.25) is 0 Å². The van der Waals surface area contributed by atoms with Gasteiger partial charge < -0.3 is 9.47 Å². The predicted molar refractivity (Wildman–Crippen MR) is 61.0 cm³/mol. The van der Waals surface area contributed by atoms with Crippen LogP contribution in [0.3, 0.4) is 0 Å². The molecule has 0 aliphatic carbocycles. The molecule has 0 saturated carbocycles. The second-order valence-corrected chi connectivity index (χ2v) is 3.83. The van der Waals surface area contributed by atoms with Gasteiger partial charge in [-0.1, -0.05) is 6.58 Å². The number of esters is 1. The van der Waals surface area contributed by atoms with Crippen LogP contribution in [-0.4, -0.2) is 25.0 Å². The van der Waals surface area contributed by atoms with Crippen molar-refractivity contribution in [3.8, 4) is 5.75 Å². The summed E-state index contributed by atoms with van der Waals surface area (Å²) in [6, 6.07) is 6.74. The van der Waals surface area contributed by atoms with Crippen molar-refractivity contribution < 1.29 is 19.1 Å². The zero-order valence-electron chi connectivity index (χ0n) is 9.22. The summed E-state index contributed by atoms with van der Waals surface area (Å²) < 4.78 is 10.5. The summed E-state index contributed by atoms with van der Waals surface area (Å²) in [4.78, 5) is 21.5. The minimum absolute atomic E-state index is 0.263. The first-order valence-corrected chi connectivity index (χ1v) is 5.26. The van der Waals surface area contributed by atoms with Crippen LogP contribution in [0.25, 0.3) is 0 Å². The molecule has 1 unspecified atom stereocenters. The van der Waals surface area contributed by atoms with E-state index in [-0.39, 0.29) is 12.1 Å². The van der Waals surface area contributed by atoms with Crippen molar-refractivity contribution in [2.24, 2.45) is 0 Å². The van der Waals surface area contributed by atoms with E-state index in [1.54, 1.807) is 24.3 Å². The maximum atomic E-state index is 11.1. The van der Waals surface area contributed by atoms with Gasteiger partial charge in [0.1, 0.15) is 24.7 Å². The van der Waals surface area contributed by atoms with Gasteiger partial charge in [-0.05, 0) is 24.3 Å². The smallest absolute Gasteiger partial charge is 0.333 e. The van der Waals surface area contributed by atoms with Gasteiger partial charge in [-0.25, -0.2) is 4.79 Å². The summed E-state index contributed by atoms with van der Waals surface area (Å²) in [5, 5.41) is 0. The number of benzene rings is 1. The topological polar surface area (TPSA) is 52.6 Å². The second-order valence-electron chi connectivity index (χ2n) is 3.83. The standard InChI is InChI=1S/C13H12O4/c1-9-6-12(17-13(9)15)8-16-11-4-2-10(7-14)3-5-11/h2-5,7,12H,1,6,8H2. The van der Waals surface area contributed by atoms with Crippen LogP contribution in [0.4, 0.5) is 0 Å². The van der Waals surface area contributed by atoms with Crippen molar-refractivity contribution in [1.29, 1.82) is 0 Å². The van der Waals surface area contributed by atoms with Gasteiger partial charge in [0.15, 0.2) is 0 Å². The van der Waals surface area contributed by atoms with Gasteiger partial charge in [0.2, 0.25) is 0 Å². The Balaban J connectivity index is 1.87. The molecule has 1 heterocycles. The van der Waals surface area contributed by atoms with Gasteiger partial charge in [0.25, 0.3) is 0 Å². The van der Waals surface area contributed by atoms with Crippen LogP contribution in [0, 0.1) is 0 Å². The number of carbonyl (C=O) groups is 2. The van der Waals surface area contributed by atoms with E-state index in [1.807, 2.05) is 0 Å². The number of aldehydes is 1. The molecular weight excluding hydrogens is 220 g/mol. The van der Waals surface area contributed by atoms with E-state index in [2.05, 4.69) is 6.58 Å². The summed E-state index contributed by atoms with van der Waals surface area (Å²) in [6.07, 6.45) is 1.01. The maximum Gasteiger partial charge on any atom is 0.333 e. The molecule has 0 spiro atoms. The highest BCUT2D eigenvalue weighted by Gasteiger charge is 2.27. The Bertz CT molecular complexity index is 431. The number of rotatable bonds is 4. The van der Waals surface area contributed by atoms with Crippen molar-refractivity contribution in [3.63, 3.8) is 0 Å². The molecule has 4 heteroatoms. The van der Waals surface area contributed by atoms with Gasteiger partial charge in [-0.3, -0.25) is 4.79 Å². The minimum atomic E-state index is -0.352. The van der Waals surface area contributed by atoms with E-state index < -0.39 is 0 Å². The monoisotopic (exact) mass is 232 g/mol. The lowest BCUT2D eigenvalue weighted by atomic mass is 10.2. The molecule has 0 aromatic heterocycles. The fourth-order valence-corrected chi connectivity index (χ4v) is 1.56. The summed E-state index contributed by atoms with van der Waals surface area (Å²) in [7, 11) is 0. The Morgan fingerprint density at radius 1 is 1.41 bits per heavy atom. The number of hydrogen-bond acceptors (Lipinski definition) is 4. The Labute approximate surface area is 98.8 Å². The molecule has 1 atom stereocenters. The lowest BCUT2D eigenvalue weighted by Gasteiger charge is -2.10. The van der Waals surface area contributed by atoms with E-state index in [0.29, 0.717) is 29.9 Å². The lowest BCUT2D eigenvalue weighted by molar-refractivity contribution is -0.139. The van der Waals surface area contributed by atoms with Crippen molar-refractivity contribution in [1.82, 2.24) is 0 Å². The molecule has 2 rings (SSSR count). The highest BCUT2D eigenvalue weighted by Crippen LogP contribution is 2.20. The van der Waals surface area contributed by atoms with Crippen molar-refractivity contribution >= 4 is 12.3 Å². The molecule has 0 bridgehead atoms. The van der Waals surface area contributed by atoms with Crippen LogP contribution >= 0.6 is 0 Å². The van der Waals surface area contributed by atoms with Crippen molar-refractivity contribution in [2.45, 2.75) is 12.5 Å². The molecule has 0 radical (unpaired) electrons. The Kier molecular flexibility index (Phi) is 3.23. The first-order valence-electron chi connectivity index (χ1n) is 5.26. The minimum Gasteiger partial charge on any atom is -0.490 e.